The van der Waals surface area contributed by atoms with E-state index in [0.29, 0.717) is 53.3 Å². The van der Waals surface area contributed by atoms with Crippen molar-refractivity contribution in [2.45, 2.75) is 39.7 Å². The Kier molecular flexibility index (Phi) is 6.51. The molecule has 0 spiro atoms. The molecule has 2 aromatic heterocycles. The van der Waals surface area contributed by atoms with E-state index in [-0.39, 0.29) is 16.0 Å². The van der Waals surface area contributed by atoms with Crippen LogP contribution in [-0.4, -0.2) is 38.3 Å². The van der Waals surface area contributed by atoms with Crippen molar-refractivity contribution >= 4 is 33.5 Å². The van der Waals surface area contributed by atoms with Crippen LogP contribution in [0.4, 0.5) is 0 Å². The maximum absolute atomic E-state index is 13.1. The van der Waals surface area contributed by atoms with Crippen LogP contribution in [0.2, 0.25) is 0 Å². The zero-order valence-corrected chi connectivity index (χ0v) is 17.5. The van der Waals surface area contributed by atoms with E-state index in [1.165, 1.54) is 12.1 Å². The van der Waals surface area contributed by atoms with E-state index in [1.807, 2.05) is 6.92 Å². The predicted molar refractivity (Wildman–Crippen MR) is 113 cm³/mol. The highest BCUT2D eigenvalue weighted by Gasteiger charge is 2.20. The van der Waals surface area contributed by atoms with E-state index in [0.717, 1.165) is 17.8 Å². The number of hydrogen-bond donors (Lipinski definition) is 2. The summed E-state index contributed by atoms with van der Waals surface area (Å²) in [6.45, 7) is 4.36. The minimum atomic E-state index is -1.05. The Bertz CT molecular complexity index is 1150. The summed E-state index contributed by atoms with van der Waals surface area (Å²) in [7, 11) is 0. The average molecular weight is 430 g/mol. The van der Waals surface area contributed by atoms with Gasteiger partial charge in [-0.05, 0) is 49.6 Å². The van der Waals surface area contributed by atoms with E-state index >= 15 is 0 Å². The van der Waals surface area contributed by atoms with Gasteiger partial charge in [0.05, 0.1) is 17.6 Å². The number of aromatic nitrogens is 2. The topological polar surface area (TPSA) is 119 Å². The first-order valence-corrected chi connectivity index (χ1v) is 10.4. The van der Waals surface area contributed by atoms with E-state index in [1.54, 1.807) is 23.6 Å². The minimum Gasteiger partial charge on any atom is -0.494 e. The number of aromatic carboxylic acids is 2. The first-order chi connectivity index (χ1) is 14.3. The number of carbonyl (C=O) groups is 2. The molecule has 0 fully saturated rings. The van der Waals surface area contributed by atoms with Gasteiger partial charge in [-0.1, -0.05) is 6.92 Å². The van der Waals surface area contributed by atoms with Crippen molar-refractivity contribution in [1.29, 1.82) is 0 Å². The van der Waals surface area contributed by atoms with Crippen LogP contribution in [0.15, 0.2) is 29.1 Å². The summed E-state index contributed by atoms with van der Waals surface area (Å²) in [5.74, 6) is -0.864. The van der Waals surface area contributed by atoms with Gasteiger partial charge in [0.15, 0.2) is 0 Å². The van der Waals surface area contributed by atoms with Crippen LogP contribution in [0.3, 0.4) is 0 Å². The van der Waals surface area contributed by atoms with Gasteiger partial charge in [0.2, 0.25) is 0 Å². The molecule has 30 heavy (non-hydrogen) atoms. The van der Waals surface area contributed by atoms with Gasteiger partial charge < -0.3 is 14.9 Å². The summed E-state index contributed by atoms with van der Waals surface area (Å²) < 4.78 is 7.25. The van der Waals surface area contributed by atoms with E-state index < -0.39 is 11.9 Å². The highest BCUT2D eigenvalue weighted by Crippen LogP contribution is 2.27. The molecule has 2 N–H and O–H groups in total. The molecule has 0 bridgehead atoms. The lowest BCUT2D eigenvalue weighted by Crippen LogP contribution is -2.26. The SMILES string of the molecule is CCCc1nc2sc(C(=O)O)c(C)c2c(=O)n1CCCOc1ccc(C(=O)O)cc1. The Morgan fingerprint density at radius 2 is 1.87 bits per heavy atom. The maximum atomic E-state index is 13.1. The Morgan fingerprint density at radius 3 is 2.47 bits per heavy atom. The van der Waals surface area contributed by atoms with Gasteiger partial charge in [0.1, 0.15) is 21.3 Å². The molecule has 158 valence electrons. The van der Waals surface area contributed by atoms with Gasteiger partial charge in [0, 0.05) is 13.0 Å². The number of aryl methyl sites for hydroxylation is 2. The lowest BCUT2D eigenvalue weighted by atomic mass is 10.2. The largest absolute Gasteiger partial charge is 0.494 e. The first kappa shape index (κ1) is 21.5. The van der Waals surface area contributed by atoms with Gasteiger partial charge in [-0.3, -0.25) is 9.36 Å². The van der Waals surface area contributed by atoms with Crippen molar-refractivity contribution in [2.24, 2.45) is 0 Å². The van der Waals surface area contributed by atoms with Gasteiger partial charge in [-0.2, -0.15) is 0 Å². The second kappa shape index (κ2) is 9.08. The summed E-state index contributed by atoms with van der Waals surface area (Å²) in [4.78, 5) is 40.6. The fourth-order valence-corrected chi connectivity index (χ4v) is 4.24. The zero-order valence-electron chi connectivity index (χ0n) is 16.7. The average Bonchev–Trinajstić information content (AvgIpc) is 3.04. The minimum absolute atomic E-state index is 0.142. The van der Waals surface area contributed by atoms with Crippen molar-refractivity contribution in [1.82, 2.24) is 9.55 Å². The van der Waals surface area contributed by atoms with Gasteiger partial charge in [0.25, 0.3) is 5.56 Å². The molecule has 1 aromatic carbocycles. The molecule has 3 aromatic rings. The molecule has 0 saturated carbocycles. The fourth-order valence-electron chi connectivity index (χ4n) is 3.21. The molecule has 0 amide bonds. The highest BCUT2D eigenvalue weighted by atomic mass is 32.1. The zero-order chi connectivity index (χ0) is 21.8. The second-order valence-corrected chi connectivity index (χ2v) is 7.81. The van der Waals surface area contributed by atoms with Crippen molar-refractivity contribution in [3.05, 3.63) is 56.4 Å². The van der Waals surface area contributed by atoms with Crippen LogP contribution < -0.4 is 10.3 Å². The van der Waals surface area contributed by atoms with Crippen LogP contribution in [0.1, 0.15) is 51.2 Å². The summed E-state index contributed by atoms with van der Waals surface area (Å²) in [6, 6.07) is 6.12. The van der Waals surface area contributed by atoms with Gasteiger partial charge >= 0.3 is 11.9 Å². The monoisotopic (exact) mass is 430 g/mol. The molecule has 3 rings (SSSR count). The molecule has 8 nitrogen and oxygen atoms in total. The normalized spacial score (nSPS) is 11.0. The van der Waals surface area contributed by atoms with Crippen molar-refractivity contribution in [3.8, 4) is 5.75 Å². The Morgan fingerprint density at radius 1 is 1.17 bits per heavy atom. The summed E-state index contributed by atoms with van der Waals surface area (Å²) in [5, 5.41) is 18.6. The second-order valence-electron chi connectivity index (χ2n) is 6.81. The third-order valence-corrected chi connectivity index (χ3v) is 5.87. The summed E-state index contributed by atoms with van der Waals surface area (Å²) >= 11 is 1.03. The number of carboxylic acid groups (broad SMARTS) is 2. The Hall–Kier alpha value is -3.20. The van der Waals surface area contributed by atoms with Gasteiger partial charge in [-0.25, -0.2) is 14.6 Å². The number of carboxylic acids is 2. The van der Waals surface area contributed by atoms with Crippen LogP contribution in [0.25, 0.3) is 10.2 Å². The number of hydrogen-bond acceptors (Lipinski definition) is 6. The molecule has 0 saturated heterocycles. The van der Waals surface area contributed by atoms with E-state index in [9.17, 15) is 19.5 Å². The maximum Gasteiger partial charge on any atom is 0.346 e. The number of ether oxygens (including phenoxy) is 1. The lowest BCUT2D eigenvalue weighted by Gasteiger charge is -2.13. The number of nitrogens with zero attached hydrogens (tertiary/aromatic N) is 2. The van der Waals surface area contributed by atoms with E-state index in [2.05, 4.69) is 4.98 Å². The van der Waals surface area contributed by atoms with Crippen molar-refractivity contribution in [3.63, 3.8) is 0 Å². The molecular formula is C21H22N2O6S. The molecule has 2 heterocycles. The Balaban J connectivity index is 1.78. The standard InChI is InChI=1S/C21H22N2O6S/c1-3-5-15-22-18-16(12(2)17(30-18)21(27)28)19(24)23(15)10-4-11-29-14-8-6-13(7-9-14)20(25)26/h6-9H,3-5,10-11H2,1-2H3,(H,25,26)(H,27,28). The van der Waals surface area contributed by atoms with Crippen molar-refractivity contribution < 1.29 is 24.5 Å². The number of benzene rings is 1. The predicted octanol–water partition coefficient (Wildman–Crippen LogP) is 3.58. The summed E-state index contributed by atoms with van der Waals surface area (Å²) in [6.07, 6.45) is 1.96. The third-order valence-electron chi connectivity index (χ3n) is 4.69. The van der Waals surface area contributed by atoms with Crippen LogP contribution in [-0.2, 0) is 13.0 Å². The lowest BCUT2D eigenvalue weighted by molar-refractivity contribution is 0.0688. The molecule has 0 atom stereocenters. The van der Waals surface area contributed by atoms with Crippen LogP contribution >= 0.6 is 11.3 Å². The number of fused-ring (bicyclic) bond motifs is 1. The van der Waals surface area contributed by atoms with Crippen LogP contribution in [0.5, 0.6) is 5.75 Å². The van der Waals surface area contributed by atoms with E-state index in [4.69, 9.17) is 9.84 Å². The number of thiophene rings is 1. The number of rotatable bonds is 9. The van der Waals surface area contributed by atoms with Gasteiger partial charge in [-0.15, -0.1) is 11.3 Å². The molecule has 0 radical (unpaired) electrons. The Labute approximate surface area is 176 Å². The fraction of sp³-hybridized carbons (Fsp3) is 0.333. The molecule has 0 aliphatic carbocycles. The molecule has 0 aliphatic heterocycles. The van der Waals surface area contributed by atoms with Crippen LogP contribution in [0, 0.1) is 6.92 Å². The summed E-state index contributed by atoms with van der Waals surface area (Å²) in [5.41, 5.74) is 0.409. The third kappa shape index (κ3) is 4.35. The van der Waals surface area contributed by atoms with Crippen molar-refractivity contribution in [2.75, 3.05) is 6.61 Å². The highest BCUT2D eigenvalue weighted by molar-refractivity contribution is 7.20. The molecular weight excluding hydrogens is 408 g/mol. The molecule has 0 aliphatic rings. The molecule has 9 heteroatoms. The quantitative estimate of drug-likeness (QED) is 0.498. The first-order valence-electron chi connectivity index (χ1n) is 9.55. The molecule has 0 unspecified atom stereocenters. The smallest absolute Gasteiger partial charge is 0.346 e.